The average Bonchev–Trinajstić information content (AvgIpc) is 2.60. The molecule has 1 aromatic carbocycles. The van der Waals surface area contributed by atoms with E-state index in [1.54, 1.807) is 12.0 Å². The molecule has 1 saturated heterocycles. The van der Waals surface area contributed by atoms with Gasteiger partial charge in [-0.1, -0.05) is 39.0 Å². The molecule has 0 aliphatic carbocycles. The number of aliphatic carboxylic acids is 1. The highest BCUT2D eigenvalue weighted by Crippen LogP contribution is 2.30. The Morgan fingerprint density at radius 3 is 2.62 bits per heavy atom. The normalized spacial score (nSPS) is 21.3. The Morgan fingerprint density at radius 2 is 2.00 bits per heavy atom. The van der Waals surface area contributed by atoms with Crippen LogP contribution >= 0.6 is 0 Å². The SMILES string of the molecule is COc1ccccc1C(CC(C)C)NC(=O)N1CC(C)CC(C(=O)O)C1. The number of nitrogens with zero attached hydrogens (tertiary/aromatic N) is 1. The van der Waals surface area contributed by atoms with E-state index in [2.05, 4.69) is 19.2 Å². The fourth-order valence-electron chi connectivity index (χ4n) is 3.63. The number of hydrogen-bond donors (Lipinski definition) is 2. The van der Waals surface area contributed by atoms with Gasteiger partial charge in [0, 0.05) is 18.7 Å². The van der Waals surface area contributed by atoms with Crippen LogP contribution in [0.25, 0.3) is 0 Å². The van der Waals surface area contributed by atoms with Gasteiger partial charge in [-0.3, -0.25) is 4.79 Å². The highest BCUT2D eigenvalue weighted by molar-refractivity contribution is 5.77. The van der Waals surface area contributed by atoms with Gasteiger partial charge in [0.05, 0.1) is 19.1 Å². The number of amides is 2. The molecule has 144 valence electrons. The summed E-state index contributed by atoms with van der Waals surface area (Å²) in [5.41, 5.74) is 0.942. The highest BCUT2D eigenvalue weighted by Gasteiger charge is 2.33. The predicted octanol–water partition coefficient (Wildman–Crippen LogP) is 3.53. The molecule has 0 aromatic heterocycles. The Morgan fingerprint density at radius 1 is 1.31 bits per heavy atom. The first-order chi connectivity index (χ1) is 12.3. The molecule has 1 aliphatic rings. The lowest BCUT2D eigenvalue weighted by molar-refractivity contribution is -0.143. The van der Waals surface area contributed by atoms with Gasteiger partial charge < -0.3 is 20.1 Å². The van der Waals surface area contributed by atoms with Gasteiger partial charge in [-0.25, -0.2) is 4.79 Å². The van der Waals surface area contributed by atoms with Gasteiger partial charge in [0.1, 0.15) is 5.75 Å². The zero-order chi connectivity index (χ0) is 19.3. The van der Waals surface area contributed by atoms with Crippen LogP contribution in [-0.2, 0) is 4.79 Å². The van der Waals surface area contributed by atoms with Crippen molar-refractivity contribution in [2.45, 2.75) is 39.7 Å². The molecule has 2 rings (SSSR count). The number of carboxylic acid groups (broad SMARTS) is 1. The molecule has 0 saturated carbocycles. The molecule has 0 spiro atoms. The minimum Gasteiger partial charge on any atom is -0.496 e. The van der Waals surface area contributed by atoms with Crippen LogP contribution in [0.15, 0.2) is 24.3 Å². The summed E-state index contributed by atoms with van der Waals surface area (Å²) < 4.78 is 5.46. The van der Waals surface area contributed by atoms with Gasteiger partial charge in [-0.2, -0.15) is 0 Å². The number of carbonyl (C=O) groups excluding carboxylic acids is 1. The maximum Gasteiger partial charge on any atom is 0.317 e. The topological polar surface area (TPSA) is 78.9 Å². The number of piperidine rings is 1. The number of ether oxygens (including phenoxy) is 1. The molecule has 2 N–H and O–H groups in total. The fraction of sp³-hybridized carbons (Fsp3) is 0.600. The number of para-hydroxylation sites is 1. The number of nitrogens with one attached hydrogen (secondary N) is 1. The lowest BCUT2D eigenvalue weighted by Crippen LogP contribution is -2.50. The molecule has 0 bridgehead atoms. The van der Waals surface area contributed by atoms with Crippen LogP contribution in [0, 0.1) is 17.8 Å². The molecule has 6 heteroatoms. The van der Waals surface area contributed by atoms with E-state index in [1.807, 2.05) is 31.2 Å². The van der Waals surface area contributed by atoms with Gasteiger partial charge in [-0.05, 0) is 30.7 Å². The number of urea groups is 1. The van der Waals surface area contributed by atoms with Crippen molar-refractivity contribution >= 4 is 12.0 Å². The van der Waals surface area contributed by atoms with E-state index >= 15 is 0 Å². The Kier molecular flexibility index (Phi) is 6.89. The number of likely N-dealkylation sites (tertiary alicyclic amines) is 1. The maximum absolute atomic E-state index is 12.9. The highest BCUT2D eigenvalue weighted by atomic mass is 16.5. The molecule has 0 radical (unpaired) electrons. The molecular formula is C20H30N2O4. The van der Waals surface area contributed by atoms with Crippen LogP contribution in [-0.4, -0.2) is 42.2 Å². The van der Waals surface area contributed by atoms with Gasteiger partial charge in [-0.15, -0.1) is 0 Å². The smallest absolute Gasteiger partial charge is 0.317 e. The van der Waals surface area contributed by atoms with Gasteiger partial charge in [0.25, 0.3) is 0 Å². The summed E-state index contributed by atoms with van der Waals surface area (Å²) in [7, 11) is 1.62. The molecule has 3 unspecified atom stereocenters. The lowest BCUT2D eigenvalue weighted by Gasteiger charge is -2.36. The summed E-state index contributed by atoms with van der Waals surface area (Å²) in [6, 6.07) is 7.29. The predicted molar refractivity (Wildman–Crippen MR) is 100 cm³/mol. The monoisotopic (exact) mass is 362 g/mol. The first kappa shape index (κ1) is 20.1. The summed E-state index contributed by atoms with van der Waals surface area (Å²) in [5.74, 6) is -0.0336. The second-order valence-electron chi connectivity index (χ2n) is 7.65. The first-order valence-corrected chi connectivity index (χ1v) is 9.23. The lowest BCUT2D eigenvalue weighted by atomic mass is 9.90. The molecule has 2 amide bonds. The number of carbonyl (C=O) groups is 2. The van der Waals surface area contributed by atoms with Gasteiger partial charge >= 0.3 is 12.0 Å². The quantitative estimate of drug-likeness (QED) is 0.811. The van der Waals surface area contributed by atoms with E-state index in [0.717, 1.165) is 17.7 Å². The van der Waals surface area contributed by atoms with Crippen molar-refractivity contribution in [3.8, 4) is 5.75 Å². The molecule has 1 aliphatic heterocycles. The van der Waals surface area contributed by atoms with E-state index < -0.39 is 11.9 Å². The van der Waals surface area contributed by atoms with Crippen molar-refractivity contribution in [2.75, 3.05) is 20.2 Å². The Labute approximate surface area is 155 Å². The van der Waals surface area contributed by atoms with Crippen molar-refractivity contribution in [3.63, 3.8) is 0 Å². The summed E-state index contributed by atoms with van der Waals surface area (Å²) in [6.07, 6.45) is 1.39. The van der Waals surface area contributed by atoms with Crippen LogP contribution in [0.3, 0.4) is 0 Å². The van der Waals surface area contributed by atoms with Gasteiger partial charge in [0.15, 0.2) is 0 Å². The van der Waals surface area contributed by atoms with E-state index in [4.69, 9.17) is 4.74 Å². The van der Waals surface area contributed by atoms with Crippen molar-refractivity contribution < 1.29 is 19.4 Å². The van der Waals surface area contributed by atoms with Crippen LogP contribution in [0.5, 0.6) is 5.75 Å². The van der Waals surface area contributed by atoms with Crippen molar-refractivity contribution in [1.29, 1.82) is 0 Å². The minimum absolute atomic E-state index is 0.172. The summed E-state index contributed by atoms with van der Waals surface area (Å²) in [6.45, 7) is 7.04. The van der Waals surface area contributed by atoms with Crippen molar-refractivity contribution in [2.24, 2.45) is 17.8 Å². The molecular weight excluding hydrogens is 332 g/mol. The zero-order valence-corrected chi connectivity index (χ0v) is 16.1. The van der Waals surface area contributed by atoms with Crippen molar-refractivity contribution in [1.82, 2.24) is 10.2 Å². The number of hydrogen-bond acceptors (Lipinski definition) is 3. The third kappa shape index (κ3) is 5.13. The molecule has 6 nitrogen and oxygen atoms in total. The largest absolute Gasteiger partial charge is 0.496 e. The van der Waals surface area contributed by atoms with Crippen LogP contribution < -0.4 is 10.1 Å². The van der Waals surface area contributed by atoms with Crippen LogP contribution in [0.2, 0.25) is 0 Å². The minimum atomic E-state index is -0.835. The number of carboxylic acids is 1. The summed E-state index contributed by atoms with van der Waals surface area (Å²) in [4.78, 5) is 25.9. The number of benzene rings is 1. The second-order valence-corrected chi connectivity index (χ2v) is 7.65. The second kappa shape index (κ2) is 8.92. The number of rotatable bonds is 6. The fourth-order valence-corrected chi connectivity index (χ4v) is 3.63. The Balaban J connectivity index is 2.17. The maximum atomic E-state index is 12.9. The third-order valence-corrected chi connectivity index (χ3v) is 4.82. The van der Waals surface area contributed by atoms with E-state index in [9.17, 15) is 14.7 Å². The zero-order valence-electron chi connectivity index (χ0n) is 16.1. The molecule has 1 heterocycles. The van der Waals surface area contributed by atoms with Crippen LogP contribution in [0.1, 0.15) is 45.2 Å². The van der Waals surface area contributed by atoms with E-state index in [-0.39, 0.29) is 24.5 Å². The van der Waals surface area contributed by atoms with Gasteiger partial charge in [0.2, 0.25) is 0 Å². The molecule has 26 heavy (non-hydrogen) atoms. The Bertz CT molecular complexity index is 632. The standard InChI is InChI=1S/C20H30N2O4/c1-13(2)9-17(16-7-5-6-8-18(16)26-4)21-20(25)22-11-14(3)10-15(12-22)19(23)24/h5-8,13-15,17H,9-12H2,1-4H3,(H,21,25)(H,23,24). The van der Waals surface area contributed by atoms with E-state index in [1.165, 1.54) is 0 Å². The molecule has 1 fully saturated rings. The number of methoxy groups -OCH3 is 1. The van der Waals surface area contributed by atoms with E-state index in [0.29, 0.717) is 18.9 Å². The van der Waals surface area contributed by atoms with Crippen LogP contribution in [0.4, 0.5) is 4.79 Å². The first-order valence-electron chi connectivity index (χ1n) is 9.23. The average molecular weight is 362 g/mol. The molecule has 3 atom stereocenters. The van der Waals surface area contributed by atoms with Crippen molar-refractivity contribution in [3.05, 3.63) is 29.8 Å². The molecule has 1 aromatic rings. The summed E-state index contributed by atoms with van der Waals surface area (Å²) in [5, 5.41) is 12.4. The summed E-state index contributed by atoms with van der Waals surface area (Å²) >= 11 is 0. The Hall–Kier alpha value is -2.24. The third-order valence-electron chi connectivity index (χ3n) is 4.82.